The lowest BCUT2D eigenvalue weighted by atomic mass is 10.1. The van der Waals surface area contributed by atoms with Crippen LogP contribution in [-0.2, 0) is 11.2 Å². The maximum atomic E-state index is 12.7. The Labute approximate surface area is 159 Å². The Kier molecular flexibility index (Phi) is 5.94. The van der Waals surface area contributed by atoms with Crippen LogP contribution in [0.5, 0.6) is 0 Å². The van der Waals surface area contributed by atoms with Crippen LogP contribution in [0.3, 0.4) is 0 Å². The van der Waals surface area contributed by atoms with Gasteiger partial charge in [0.15, 0.2) is 0 Å². The van der Waals surface area contributed by atoms with Gasteiger partial charge in [0.1, 0.15) is 0 Å². The molecule has 136 valence electrons. The first-order valence-electron chi connectivity index (χ1n) is 8.91. The molecule has 1 aliphatic rings. The molecular weight excluding hydrogens is 348 g/mol. The largest absolute Gasteiger partial charge is 0.341 e. The van der Waals surface area contributed by atoms with Gasteiger partial charge in [-0.3, -0.25) is 9.59 Å². The van der Waals surface area contributed by atoms with Gasteiger partial charge in [0.2, 0.25) is 5.91 Å². The fourth-order valence-corrected chi connectivity index (χ4v) is 3.26. The van der Waals surface area contributed by atoms with Crippen LogP contribution in [0, 0.1) is 6.92 Å². The SMILES string of the molecule is Cc1ccc(C(=O)N2CCCN(C(=O)Cc3ccc(Cl)cc3)CC2)cc1. The van der Waals surface area contributed by atoms with E-state index in [1.54, 1.807) is 12.1 Å². The molecule has 2 aromatic rings. The fraction of sp³-hybridized carbons (Fsp3) is 0.333. The van der Waals surface area contributed by atoms with Gasteiger partial charge in [-0.25, -0.2) is 0 Å². The molecule has 0 bridgehead atoms. The molecule has 0 aromatic heterocycles. The summed E-state index contributed by atoms with van der Waals surface area (Å²) < 4.78 is 0. The van der Waals surface area contributed by atoms with Crippen LogP contribution in [0.25, 0.3) is 0 Å². The fourth-order valence-electron chi connectivity index (χ4n) is 3.14. The van der Waals surface area contributed by atoms with Gasteiger partial charge >= 0.3 is 0 Å². The van der Waals surface area contributed by atoms with E-state index in [-0.39, 0.29) is 11.8 Å². The highest BCUT2D eigenvalue weighted by molar-refractivity contribution is 6.30. The maximum absolute atomic E-state index is 12.7. The highest BCUT2D eigenvalue weighted by Crippen LogP contribution is 2.13. The van der Waals surface area contributed by atoms with Gasteiger partial charge in [0.05, 0.1) is 6.42 Å². The van der Waals surface area contributed by atoms with E-state index in [4.69, 9.17) is 11.6 Å². The molecule has 3 rings (SSSR count). The number of carbonyl (C=O) groups is 2. The summed E-state index contributed by atoms with van der Waals surface area (Å²) in [4.78, 5) is 29.0. The van der Waals surface area contributed by atoms with Gasteiger partial charge in [-0.1, -0.05) is 41.4 Å². The summed E-state index contributed by atoms with van der Waals surface area (Å²) in [5.41, 5.74) is 2.80. The van der Waals surface area contributed by atoms with Crippen molar-refractivity contribution in [1.82, 2.24) is 9.80 Å². The minimum absolute atomic E-state index is 0.0389. The van der Waals surface area contributed by atoms with E-state index in [0.717, 1.165) is 17.5 Å². The minimum atomic E-state index is 0.0389. The highest BCUT2D eigenvalue weighted by atomic mass is 35.5. The molecule has 1 heterocycles. The van der Waals surface area contributed by atoms with Crippen LogP contribution >= 0.6 is 11.6 Å². The van der Waals surface area contributed by atoms with E-state index in [9.17, 15) is 9.59 Å². The zero-order valence-corrected chi connectivity index (χ0v) is 15.7. The first-order valence-corrected chi connectivity index (χ1v) is 9.29. The van der Waals surface area contributed by atoms with Crippen molar-refractivity contribution in [2.45, 2.75) is 19.8 Å². The second kappa shape index (κ2) is 8.37. The van der Waals surface area contributed by atoms with Gasteiger partial charge in [0.25, 0.3) is 5.91 Å². The standard InChI is InChI=1S/C21H23ClN2O2/c1-16-3-7-18(8-4-16)21(26)24-12-2-11-23(13-14-24)20(25)15-17-5-9-19(22)10-6-17/h3-10H,2,11-15H2,1H3. The van der Waals surface area contributed by atoms with Crippen molar-refractivity contribution >= 4 is 23.4 Å². The molecule has 0 aliphatic carbocycles. The third-order valence-corrected chi connectivity index (χ3v) is 4.95. The lowest BCUT2D eigenvalue weighted by Gasteiger charge is -2.22. The number of hydrogen-bond donors (Lipinski definition) is 0. The Hall–Kier alpha value is -2.33. The highest BCUT2D eigenvalue weighted by Gasteiger charge is 2.22. The minimum Gasteiger partial charge on any atom is -0.341 e. The molecular formula is C21H23ClN2O2. The molecule has 0 N–H and O–H groups in total. The van der Waals surface area contributed by atoms with Crippen molar-refractivity contribution in [3.63, 3.8) is 0 Å². The third kappa shape index (κ3) is 4.64. The zero-order valence-electron chi connectivity index (χ0n) is 15.0. The van der Waals surface area contributed by atoms with Crippen molar-refractivity contribution < 1.29 is 9.59 Å². The molecule has 0 saturated carbocycles. The quantitative estimate of drug-likeness (QED) is 0.828. The predicted octanol–water partition coefficient (Wildman–Crippen LogP) is 3.57. The zero-order chi connectivity index (χ0) is 18.5. The second-order valence-corrected chi connectivity index (χ2v) is 7.13. The Balaban J connectivity index is 1.58. The molecule has 1 fully saturated rings. The molecule has 0 radical (unpaired) electrons. The van der Waals surface area contributed by atoms with Crippen molar-refractivity contribution in [3.8, 4) is 0 Å². The summed E-state index contributed by atoms with van der Waals surface area (Å²) >= 11 is 5.89. The molecule has 26 heavy (non-hydrogen) atoms. The summed E-state index contributed by atoms with van der Waals surface area (Å²) in [5.74, 6) is 0.133. The number of aryl methyl sites for hydroxylation is 1. The smallest absolute Gasteiger partial charge is 0.253 e. The Morgan fingerprint density at radius 3 is 2.19 bits per heavy atom. The average molecular weight is 371 g/mol. The number of rotatable bonds is 3. The molecule has 1 aliphatic heterocycles. The third-order valence-electron chi connectivity index (χ3n) is 4.70. The van der Waals surface area contributed by atoms with Gasteiger partial charge in [-0.2, -0.15) is 0 Å². The second-order valence-electron chi connectivity index (χ2n) is 6.70. The monoisotopic (exact) mass is 370 g/mol. The van der Waals surface area contributed by atoms with Crippen LogP contribution < -0.4 is 0 Å². The van der Waals surface area contributed by atoms with E-state index in [0.29, 0.717) is 43.2 Å². The molecule has 0 spiro atoms. The maximum Gasteiger partial charge on any atom is 0.253 e. The molecule has 2 amide bonds. The molecule has 5 heteroatoms. The van der Waals surface area contributed by atoms with Crippen LogP contribution in [0.2, 0.25) is 5.02 Å². The van der Waals surface area contributed by atoms with Crippen LogP contribution in [0.15, 0.2) is 48.5 Å². The van der Waals surface area contributed by atoms with Gasteiger partial charge in [-0.15, -0.1) is 0 Å². The summed E-state index contributed by atoms with van der Waals surface area (Å²) in [7, 11) is 0. The van der Waals surface area contributed by atoms with Gasteiger partial charge in [0, 0.05) is 36.8 Å². The first kappa shape index (κ1) is 18.5. The number of nitrogens with zero attached hydrogens (tertiary/aromatic N) is 2. The summed E-state index contributed by atoms with van der Waals surface area (Å²) in [6, 6.07) is 15.0. The van der Waals surface area contributed by atoms with Crippen LogP contribution in [0.1, 0.15) is 27.9 Å². The Morgan fingerprint density at radius 1 is 0.885 bits per heavy atom. The van der Waals surface area contributed by atoms with Gasteiger partial charge in [-0.05, 0) is 43.2 Å². The van der Waals surface area contributed by atoms with Crippen LogP contribution in [-0.4, -0.2) is 47.8 Å². The van der Waals surface area contributed by atoms with E-state index in [2.05, 4.69) is 0 Å². The number of amides is 2. The molecule has 2 aromatic carbocycles. The van der Waals surface area contributed by atoms with Crippen LogP contribution in [0.4, 0.5) is 0 Å². The summed E-state index contributed by atoms with van der Waals surface area (Å²) in [5, 5.41) is 0.668. The summed E-state index contributed by atoms with van der Waals surface area (Å²) in [6.45, 7) is 4.51. The summed E-state index contributed by atoms with van der Waals surface area (Å²) in [6.07, 6.45) is 1.16. The van der Waals surface area contributed by atoms with E-state index < -0.39 is 0 Å². The number of halogens is 1. The topological polar surface area (TPSA) is 40.6 Å². The number of carbonyl (C=O) groups excluding carboxylic acids is 2. The van der Waals surface area contributed by atoms with Crippen molar-refractivity contribution in [2.75, 3.05) is 26.2 Å². The van der Waals surface area contributed by atoms with Gasteiger partial charge < -0.3 is 9.80 Å². The lowest BCUT2D eigenvalue weighted by molar-refractivity contribution is -0.130. The van der Waals surface area contributed by atoms with Crippen molar-refractivity contribution in [2.24, 2.45) is 0 Å². The lowest BCUT2D eigenvalue weighted by Crippen LogP contribution is -2.38. The van der Waals surface area contributed by atoms with E-state index >= 15 is 0 Å². The van der Waals surface area contributed by atoms with E-state index in [1.807, 2.05) is 53.1 Å². The molecule has 4 nitrogen and oxygen atoms in total. The van der Waals surface area contributed by atoms with Crippen molar-refractivity contribution in [1.29, 1.82) is 0 Å². The molecule has 0 atom stereocenters. The first-order chi connectivity index (χ1) is 12.5. The number of benzene rings is 2. The number of hydrogen-bond acceptors (Lipinski definition) is 2. The predicted molar refractivity (Wildman–Crippen MR) is 103 cm³/mol. The molecule has 0 unspecified atom stereocenters. The van der Waals surface area contributed by atoms with Crippen molar-refractivity contribution in [3.05, 3.63) is 70.2 Å². The average Bonchev–Trinajstić information content (AvgIpc) is 2.90. The Bertz CT molecular complexity index is 772. The Morgan fingerprint density at radius 2 is 1.50 bits per heavy atom. The normalized spacial score (nSPS) is 14.8. The molecule has 1 saturated heterocycles. The van der Waals surface area contributed by atoms with E-state index in [1.165, 1.54) is 0 Å².